The van der Waals surface area contributed by atoms with E-state index in [1.807, 2.05) is 48.5 Å². The van der Waals surface area contributed by atoms with Crippen molar-refractivity contribution in [2.24, 2.45) is 0 Å². The fourth-order valence-electron chi connectivity index (χ4n) is 2.98. The average molecular weight is 452 g/mol. The summed E-state index contributed by atoms with van der Waals surface area (Å²) in [6.07, 6.45) is 0. The first-order valence-corrected chi connectivity index (χ1v) is 10.5. The molecule has 8 heteroatoms. The highest BCUT2D eigenvalue weighted by molar-refractivity contribution is 5.89. The second-order valence-electron chi connectivity index (χ2n) is 7.05. The maximum absolute atomic E-state index is 12.3. The van der Waals surface area contributed by atoms with Gasteiger partial charge in [0.25, 0.3) is 5.88 Å². The molecule has 8 nitrogen and oxygen atoms in total. The van der Waals surface area contributed by atoms with Crippen LogP contribution in [0.1, 0.15) is 28.5 Å². The molecule has 0 saturated heterocycles. The summed E-state index contributed by atoms with van der Waals surface area (Å²) < 4.78 is 16.7. The van der Waals surface area contributed by atoms with E-state index in [1.54, 1.807) is 43.3 Å². The highest BCUT2D eigenvalue weighted by Crippen LogP contribution is 2.26. The van der Waals surface area contributed by atoms with Gasteiger partial charge in [-0.15, -0.1) is 10.2 Å². The van der Waals surface area contributed by atoms with Crippen LogP contribution in [-0.2, 0) is 11.3 Å². The molecular weight excluding hydrogens is 432 g/mol. The van der Waals surface area contributed by atoms with Crippen molar-refractivity contribution in [2.75, 3.05) is 6.61 Å². The Hall–Kier alpha value is -4.77. The van der Waals surface area contributed by atoms with Crippen LogP contribution in [0.15, 0.2) is 78.9 Å². The van der Waals surface area contributed by atoms with Crippen molar-refractivity contribution in [3.63, 3.8) is 0 Å². The molecule has 168 valence electrons. The molecule has 0 radical (unpaired) electrons. The van der Waals surface area contributed by atoms with Gasteiger partial charge < -0.3 is 14.2 Å². The third kappa shape index (κ3) is 5.53. The lowest BCUT2D eigenvalue weighted by Crippen LogP contribution is -2.12. The summed E-state index contributed by atoms with van der Waals surface area (Å²) in [5, 5.41) is 17.1. The minimum atomic E-state index is -0.692. The van der Waals surface area contributed by atoms with E-state index >= 15 is 0 Å². The number of aromatic nitrogens is 3. The van der Waals surface area contributed by atoms with Crippen LogP contribution >= 0.6 is 0 Å². The molecule has 0 aliphatic heterocycles. The van der Waals surface area contributed by atoms with E-state index in [9.17, 15) is 4.79 Å². The summed E-state index contributed by atoms with van der Waals surface area (Å²) in [4.78, 5) is 16.7. The Morgan fingerprint density at radius 3 is 2.29 bits per heavy atom. The molecule has 0 aliphatic carbocycles. The first-order valence-electron chi connectivity index (χ1n) is 10.5. The minimum absolute atomic E-state index is 0.0439. The highest BCUT2D eigenvalue weighted by Gasteiger charge is 2.21. The lowest BCUT2D eigenvalue weighted by atomic mass is 10.2. The Labute approximate surface area is 196 Å². The van der Waals surface area contributed by atoms with Gasteiger partial charge in [-0.2, -0.15) is 10.2 Å². The predicted molar refractivity (Wildman–Crippen MR) is 123 cm³/mol. The van der Waals surface area contributed by atoms with Crippen LogP contribution in [-0.4, -0.2) is 27.8 Å². The first-order chi connectivity index (χ1) is 16.7. The van der Waals surface area contributed by atoms with Crippen LogP contribution in [0.4, 0.5) is 0 Å². The summed E-state index contributed by atoms with van der Waals surface area (Å²) in [5.41, 5.74) is 2.07. The Morgan fingerprint density at radius 2 is 1.62 bits per heavy atom. The zero-order valence-electron chi connectivity index (χ0n) is 18.3. The summed E-state index contributed by atoms with van der Waals surface area (Å²) in [6, 6.07) is 25.5. The molecule has 0 amide bonds. The van der Waals surface area contributed by atoms with E-state index in [-0.39, 0.29) is 24.0 Å². The van der Waals surface area contributed by atoms with Gasteiger partial charge in [0.15, 0.2) is 5.82 Å². The quantitative estimate of drug-likeness (QED) is 0.345. The lowest BCUT2D eigenvalue weighted by molar-refractivity contribution is 0.0514. The van der Waals surface area contributed by atoms with Gasteiger partial charge in [0.2, 0.25) is 5.69 Å². The van der Waals surface area contributed by atoms with Gasteiger partial charge in [0.05, 0.1) is 18.2 Å². The Balaban J connectivity index is 1.56. The molecule has 3 aromatic carbocycles. The molecular formula is C26H20N4O4. The average Bonchev–Trinajstić information content (AvgIpc) is 2.89. The highest BCUT2D eigenvalue weighted by atomic mass is 16.5. The van der Waals surface area contributed by atoms with Gasteiger partial charge in [-0.3, -0.25) is 0 Å². The molecule has 0 unspecified atom stereocenters. The molecule has 4 rings (SSSR count). The van der Waals surface area contributed by atoms with Crippen molar-refractivity contribution in [3.8, 4) is 34.8 Å². The van der Waals surface area contributed by atoms with Crippen molar-refractivity contribution in [1.29, 1.82) is 5.26 Å². The van der Waals surface area contributed by atoms with E-state index in [0.29, 0.717) is 29.2 Å². The summed E-state index contributed by atoms with van der Waals surface area (Å²) in [6.45, 7) is 2.31. The zero-order chi connectivity index (χ0) is 23.8. The fraction of sp³-hybridized carbons (Fsp3) is 0.115. The van der Waals surface area contributed by atoms with Gasteiger partial charge in [-0.25, -0.2) is 4.79 Å². The molecule has 0 spiro atoms. The molecule has 1 heterocycles. The number of nitrogens with zero attached hydrogens (tertiary/aromatic N) is 4. The number of esters is 1. The Morgan fingerprint density at radius 1 is 0.912 bits per heavy atom. The summed E-state index contributed by atoms with van der Waals surface area (Å²) in [7, 11) is 0. The van der Waals surface area contributed by atoms with Gasteiger partial charge in [0, 0.05) is 5.56 Å². The predicted octanol–water partition coefficient (Wildman–Crippen LogP) is 4.96. The van der Waals surface area contributed by atoms with Crippen molar-refractivity contribution in [1.82, 2.24) is 15.2 Å². The molecule has 0 atom stereocenters. The molecule has 0 fully saturated rings. The van der Waals surface area contributed by atoms with Crippen LogP contribution in [0.2, 0.25) is 0 Å². The van der Waals surface area contributed by atoms with Gasteiger partial charge in [0.1, 0.15) is 18.1 Å². The smallest absolute Gasteiger partial charge is 0.364 e. The molecule has 0 saturated carbocycles. The molecule has 0 bridgehead atoms. The van der Waals surface area contributed by atoms with Crippen molar-refractivity contribution in [2.45, 2.75) is 13.5 Å². The van der Waals surface area contributed by atoms with E-state index in [4.69, 9.17) is 19.5 Å². The first kappa shape index (κ1) is 22.4. The van der Waals surface area contributed by atoms with Crippen molar-refractivity contribution in [3.05, 3.63) is 95.7 Å². The van der Waals surface area contributed by atoms with E-state index in [2.05, 4.69) is 15.2 Å². The number of hydrogen-bond acceptors (Lipinski definition) is 8. The second kappa shape index (κ2) is 10.7. The largest absolute Gasteiger partial charge is 0.489 e. The third-order valence-electron chi connectivity index (χ3n) is 4.68. The molecule has 1 aromatic heterocycles. The van der Waals surface area contributed by atoms with Crippen LogP contribution in [0.3, 0.4) is 0 Å². The van der Waals surface area contributed by atoms with Crippen molar-refractivity contribution < 1.29 is 19.0 Å². The Bertz CT molecular complexity index is 1300. The van der Waals surface area contributed by atoms with Crippen LogP contribution in [0, 0.1) is 11.3 Å². The number of carbonyl (C=O) groups is 1. The second-order valence-corrected chi connectivity index (χ2v) is 7.05. The van der Waals surface area contributed by atoms with Gasteiger partial charge in [-0.05, 0) is 61.0 Å². The summed E-state index contributed by atoms with van der Waals surface area (Å²) >= 11 is 0. The minimum Gasteiger partial charge on any atom is -0.489 e. The third-order valence-corrected chi connectivity index (χ3v) is 4.68. The van der Waals surface area contributed by atoms with Gasteiger partial charge >= 0.3 is 5.97 Å². The Kier molecular flexibility index (Phi) is 7.06. The number of ether oxygens (including phenoxy) is 3. The molecule has 0 N–H and O–H groups in total. The number of carbonyl (C=O) groups excluding carboxylic acids is 1. The van der Waals surface area contributed by atoms with E-state index in [0.717, 1.165) is 5.56 Å². The topological polar surface area (TPSA) is 107 Å². The zero-order valence-corrected chi connectivity index (χ0v) is 18.3. The normalized spacial score (nSPS) is 10.2. The van der Waals surface area contributed by atoms with Crippen LogP contribution in [0.5, 0.6) is 17.4 Å². The number of hydrogen-bond donors (Lipinski definition) is 0. The summed E-state index contributed by atoms with van der Waals surface area (Å²) in [5.74, 6) is 0.615. The maximum Gasteiger partial charge on any atom is 0.364 e. The van der Waals surface area contributed by atoms with Gasteiger partial charge in [-0.1, -0.05) is 30.3 Å². The number of nitriles is 1. The number of rotatable bonds is 8. The standard InChI is InChI=1S/C26H20N4O4/c1-2-32-26(31)23-25(34-22-12-8-18(16-27)9-13-22)28-24(30-29-23)20-10-14-21(15-11-20)33-17-19-6-4-3-5-7-19/h3-15H,2,17H2,1H3. The van der Waals surface area contributed by atoms with Crippen LogP contribution in [0.25, 0.3) is 11.4 Å². The molecule has 4 aromatic rings. The SMILES string of the molecule is CCOC(=O)c1nnc(-c2ccc(OCc3ccccc3)cc2)nc1Oc1ccc(C#N)cc1. The van der Waals surface area contributed by atoms with E-state index < -0.39 is 5.97 Å². The van der Waals surface area contributed by atoms with Crippen LogP contribution < -0.4 is 9.47 Å². The fourth-order valence-corrected chi connectivity index (χ4v) is 2.98. The maximum atomic E-state index is 12.3. The molecule has 34 heavy (non-hydrogen) atoms. The lowest BCUT2D eigenvalue weighted by Gasteiger charge is -2.10. The number of benzene rings is 3. The molecule has 0 aliphatic rings. The van der Waals surface area contributed by atoms with Crippen molar-refractivity contribution >= 4 is 5.97 Å². The monoisotopic (exact) mass is 452 g/mol. The van der Waals surface area contributed by atoms with E-state index in [1.165, 1.54) is 0 Å².